The first-order valence-corrected chi connectivity index (χ1v) is 10.8. The minimum absolute atomic E-state index is 0.222. The number of carbonyl (C=O) groups excluding carboxylic acids is 1. The van der Waals surface area contributed by atoms with Crippen LogP contribution in [0.3, 0.4) is 0 Å². The predicted octanol–water partition coefficient (Wildman–Crippen LogP) is 3.56. The first-order valence-electron chi connectivity index (χ1n) is 9.56. The fourth-order valence-corrected chi connectivity index (χ4v) is 6.04. The maximum Gasteiger partial charge on any atom is 0.226 e. The Kier molecular flexibility index (Phi) is 4.73. The molecule has 0 aromatic rings. The van der Waals surface area contributed by atoms with Gasteiger partial charge in [0, 0.05) is 17.8 Å². The molecule has 2 saturated heterocycles. The van der Waals surface area contributed by atoms with Crippen molar-refractivity contribution in [1.82, 2.24) is 10.2 Å². The molecule has 128 valence electrons. The van der Waals surface area contributed by atoms with Gasteiger partial charge in [0.15, 0.2) is 0 Å². The average molecular weight is 335 g/mol. The molecule has 2 aliphatic carbocycles. The summed E-state index contributed by atoms with van der Waals surface area (Å²) in [5, 5.41) is 4.23. The molecule has 1 N–H and O–H groups in total. The van der Waals surface area contributed by atoms with Crippen molar-refractivity contribution in [2.45, 2.75) is 75.2 Å². The van der Waals surface area contributed by atoms with E-state index in [9.17, 15) is 4.79 Å². The maximum atomic E-state index is 12.5. The van der Waals surface area contributed by atoms with Crippen molar-refractivity contribution >= 4 is 17.7 Å². The van der Waals surface area contributed by atoms with Gasteiger partial charge in [0.25, 0.3) is 0 Å². The van der Waals surface area contributed by atoms with E-state index >= 15 is 0 Å². The molecule has 2 saturated carbocycles. The molecule has 0 bridgehead atoms. The van der Waals surface area contributed by atoms with E-state index in [0.717, 1.165) is 30.6 Å². The number of amides is 1. The van der Waals surface area contributed by atoms with Gasteiger partial charge in [-0.1, -0.05) is 18.9 Å². The molecule has 0 aromatic heterocycles. The van der Waals surface area contributed by atoms with E-state index in [1.54, 1.807) is 0 Å². The molecule has 3 atom stereocenters. The van der Waals surface area contributed by atoms with Crippen molar-refractivity contribution in [3.63, 3.8) is 0 Å². The third kappa shape index (κ3) is 3.09. The minimum Gasteiger partial charge on any atom is -0.336 e. The molecule has 2 aliphatic heterocycles. The molecular weight excluding hydrogens is 304 g/mol. The number of nitrogens with one attached hydrogen (secondary N) is 1. The van der Waals surface area contributed by atoms with E-state index in [0.29, 0.717) is 11.9 Å². The Labute approximate surface area is 144 Å². The molecule has 4 aliphatic rings. The summed E-state index contributed by atoms with van der Waals surface area (Å²) in [6.07, 6.45) is 16.4. The minimum atomic E-state index is 0.222. The van der Waals surface area contributed by atoms with Crippen molar-refractivity contribution in [2.24, 2.45) is 11.8 Å². The Bertz CT molecular complexity index is 484. The van der Waals surface area contributed by atoms with Crippen LogP contribution in [0.2, 0.25) is 0 Å². The first kappa shape index (κ1) is 16.0. The molecular formula is C19H30N2OS. The lowest BCUT2D eigenvalue weighted by molar-refractivity contribution is -0.135. The largest absolute Gasteiger partial charge is 0.336 e. The molecule has 4 fully saturated rings. The van der Waals surface area contributed by atoms with Crippen LogP contribution >= 0.6 is 11.8 Å². The summed E-state index contributed by atoms with van der Waals surface area (Å²) in [5.41, 5.74) is 1.51. The van der Waals surface area contributed by atoms with E-state index in [4.69, 9.17) is 0 Å². The number of hydrogen-bond donors (Lipinski definition) is 1. The highest BCUT2D eigenvalue weighted by Crippen LogP contribution is 2.39. The van der Waals surface area contributed by atoms with Crippen molar-refractivity contribution in [3.8, 4) is 0 Å². The fraction of sp³-hybridized carbons (Fsp3) is 0.842. The van der Waals surface area contributed by atoms with Gasteiger partial charge < -0.3 is 5.32 Å². The quantitative estimate of drug-likeness (QED) is 0.784. The van der Waals surface area contributed by atoms with Gasteiger partial charge in [-0.25, -0.2) is 0 Å². The zero-order valence-electron chi connectivity index (χ0n) is 14.3. The van der Waals surface area contributed by atoms with Crippen LogP contribution in [0.15, 0.2) is 11.6 Å². The zero-order valence-corrected chi connectivity index (χ0v) is 15.1. The molecule has 2 heterocycles. The standard InChI is InChI=1S/C19H30N2OS/c1-23-15-8-6-13(7-9-15)12-14-10-11-21-17-5-3-2-4-16(17)19(22)20-18(14)21/h12-13,15-18H,2-11H2,1H3,(H,20,22)/b14-12+. The highest BCUT2D eigenvalue weighted by molar-refractivity contribution is 7.99. The monoisotopic (exact) mass is 334 g/mol. The zero-order chi connectivity index (χ0) is 15.8. The number of rotatable bonds is 2. The second kappa shape index (κ2) is 6.79. The normalized spacial score (nSPS) is 43.1. The number of hydrogen-bond acceptors (Lipinski definition) is 3. The average Bonchev–Trinajstić information content (AvgIpc) is 2.99. The van der Waals surface area contributed by atoms with Crippen LogP contribution in [0, 0.1) is 11.8 Å². The molecule has 1 amide bonds. The van der Waals surface area contributed by atoms with E-state index in [-0.39, 0.29) is 12.1 Å². The summed E-state index contributed by atoms with van der Waals surface area (Å²) in [6, 6.07) is 0.514. The molecule has 0 spiro atoms. The Balaban J connectivity index is 1.46. The van der Waals surface area contributed by atoms with Crippen LogP contribution in [0.1, 0.15) is 57.8 Å². The van der Waals surface area contributed by atoms with Gasteiger partial charge >= 0.3 is 0 Å². The number of carbonyl (C=O) groups is 1. The molecule has 4 rings (SSSR count). The van der Waals surface area contributed by atoms with Crippen molar-refractivity contribution in [2.75, 3.05) is 12.8 Å². The van der Waals surface area contributed by atoms with Crippen molar-refractivity contribution < 1.29 is 4.79 Å². The van der Waals surface area contributed by atoms with Crippen LogP contribution in [0.25, 0.3) is 0 Å². The maximum absolute atomic E-state index is 12.5. The topological polar surface area (TPSA) is 32.3 Å². The number of fused-ring (bicyclic) bond motifs is 3. The lowest BCUT2D eigenvalue weighted by atomic mass is 9.81. The number of allylic oxidation sites excluding steroid dienone is 1. The summed E-state index contributed by atoms with van der Waals surface area (Å²) in [5.74, 6) is 1.33. The Morgan fingerprint density at radius 1 is 1.13 bits per heavy atom. The molecule has 0 aromatic carbocycles. The third-order valence-electron chi connectivity index (χ3n) is 6.61. The summed E-state index contributed by atoms with van der Waals surface area (Å²) < 4.78 is 0. The van der Waals surface area contributed by atoms with Crippen molar-refractivity contribution in [1.29, 1.82) is 0 Å². The van der Waals surface area contributed by atoms with Gasteiger partial charge in [0.1, 0.15) is 6.17 Å². The van der Waals surface area contributed by atoms with E-state index in [1.807, 2.05) is 11.8 Å². The molecule has 4 heteroatoms. The van der Waals surface area contributed by atoms with Gasteiger partial charge in [-0.05, 0) is 62.7 Å². The van der Waals surface area contributed by atoms with Crippen LogP contribution in [-0.4, -0.2) is 41.1 Å². The highest BCUT2D eigenvalue weighted by atomic mass is 32.2. The predicted molar refractivity (Wildman–Crippen MR) is 96.3 cm³/mol. The van der Waals surface area contributed by atoms with E-state index in [2.05, 4.69) is 22.5 Å². The molecule has 0 radical (unpaired) electrons. The Morgan fingerprint density at radius 3 is 2.70 bits per heavy atom. The number of thioether (sulfide) groups is 1. The lowest BCUT2D eigenvalue weighted by Gasteiger charge is -2.45. The summed E-state index contributed by atoms with van der Waals surface area (Å²) in [4.78, 5) is 15.1. The SMILES string of the molecule is CSC1CCC(/C=C2\CCN3C2NC(=O)C2CCCCC23)CC1. The number of nitrogens with zero attached hydrogens (tertiary/aromatic N) is 1. The first-order chi connectivity index (χ1) is 11.3. The van der Waals surface area contributed by atoms with Crippen LogP contribution in [0.5, 0.6) is 0 Å². The second-order valence-electron chi connectivity index (χ2n) is 7.87. The van der Waals surface area contributed by atoms with Crippen LogP contribution < -0.4 is 5.32 Å². The Morgan fingerprint density at radius 2 is 1.91 bits per heavy atom. The van der Waals surface area contributed by atoms with Gasteiger partial charge in [0.05, 0.1) is 5.92 Å². The Hall–Kier alpha value is -0.480. The third-order valence-corrected chi connectivity index (χ3v) is 7.75. The summed E-state index contributed by atoms with van der Waals surface area (Å²) in [6.45, 7) is 1.15. The van der Waals surface area contributed by atoms with Crippen molar-refractivity contribution in [3.05, 3.63) is 11.6 Å². The second-order valence-corrected chi connectivity index (χ2v) is 9.01. The van der Waals surface area contributed by atoms with Crippen LogP contribution in [-0.2, 0) is 4.79 Å². The van der Waals surface area contributed by atoms with Crippen LogP contribution in [0.4, 0.5) is 0 Å². The highest BCUT2D eigenvalue weighted by Gasteiger charge is 2.46. The smallest absolute Gasteiger partial charge is 0.226 e. The molecule has 23 heavy (non-hydrogen) atoms. The lowest BCUT2D eigenvalue weighted by Crippen LogP contribution is -2.61. The molecule has 3 nitrogen and oxygen atoms in total. The molecule has 3 unspecified atom stereocenters. The van der Waals surface area contributed by atoms with E-state index in [1.165, 1.54) is 50.5 Å². The summed E-state index contributed by atoms with van der Waals surface area (Å²) in [7, 11) is 0. The van der Waals surface area contributed by atoms with E-state index < -0.39 is 0 Å². The van der Waals surface area contributed by atoms with Gasteiger partial charge in [0.2, 0.25) is 5.91 Å². The van der Waals surface area contributed by atoms with Gasteiger partial charge in [-0.15, -0.1) is 0 Å². The van der Waals surface area contributed by atoms with Gasteiger partial charge in [-0.2, -0.15) is 11.8 Å². The summed E-state index contributed by atoms with van der Waals surface area (Å²) >= 11 is 2.04. The van der Waals surface area contributed by atoms with Gasteiger partial charge in [-0.3, -0.25) is 9.69 Å². The fourth-order valence-electron chi connectivity index (χ4n) is 5.29.